The molecule has 0 aromatic heterocycles. The zero-order valence-electron chi connectivity index (χ0n) is 15.5. The Labute approximate surface area is 146 Å². The van der Waals surface area contributed by atoms with Crippen molar-refractivity contribution in [3.8, 4) is 0 Å². The molecule has 24 heavy (non-hydrogen) atoms. The van der Waals surface area contributed by atoms with E-state index in [1.807, 2.05) is 6.08 Å². The van der Waals surface area contributed by atoms with Crippen LogP contribution in [0.4, 0.5) is 4.79 Å². The normalized spacial score (nSPS) is 13.2. The number of hydrogen-bond acceptors (Lipinski definition) is 6. The number of carbonyl (C=O) groups excluding carboxylic acids is 1. The Bertz CT molecular complexity index is 389. The average Bonchev–Trinajstić information content (AvgIpc) is 2.61. The van der Waals surface area contributed by atoms with Gasteiger partial charge in [-0.1, -0.05) is 57.9 Å². The zero-order valence-corrected chi connectivity index (χ0v) is 16.4. The molecule has 0 radical (unpaired) electrons. The molecular formula is C17H33O6P. The molecule has 0 unspecified atom stereocenters. The van der Waals surface area contributed by atoms with E-state index in [0.717, 1.165) is 19.3 Å². The van der Waals surface area contributed by atoms with Crippen molar-refractivity contribution < 1.29 is 27.9 Å². The van der Waals surface area contributed by atoms with Crippen molar-refractivity contribution in [2.75, 3.05) is 21.3 Å². The molecule has 0 fully saturated rings. The quantitative estimate of drug-likeness (QED) is 0.171. The van der Waals surface area contributed by atoms with E-state index >= 15 is 0 Å². The Kier molecular flexibility index (Phi) is 14.0. The zero-order chi connectivity index (χ0) is 18.3. The monoisotopic (exact) mass is 364 g/mol. The van der Waals surface area contributed by atoms with Crippen LogP contribution in [0.1, 0.15) is 64.7 Å². The molecule has 1 atom stereocenters. The lowest BCUT2D eigenvalue weighted by Crippen LogP contribution is -2.18. The second-order valence-corrected chi connectivity index (χ2v) is 7.88. The van der Waals surface area contributed by atoms with Crippen molar-refractivity contribution in [1.82, 2.24) is 0 Å². The number of carbonyl (C=O) groups is 1. The van der Waals surface area contributed by atoms with E-state index in [1.54, 1.807) is 6.08 Å². The van der Waals surface area contributed by atoms with Crippen LogP contribution in [0.5, 0.6) is 0 Å². The molecule has 0 aliphatic heterocycles. The van der Waals surface area contributed by atoms with Crippen LogP contribution in [0, 0.1) is 0 Å². The summed E-state index contributed by atoms with van der Waals surface area (Å²) in [6, 6.07) is 0. The molecule has 0 rings (SSSR count). The van der Waals surface area contributed by atoms with E-state index in [1.165, 1.54) is 59.9 Å². The first-order valence-corrected chi connectivity index (χ1v) is 10.3. The Morgan fingerprint density at radius 3 is 2.00 bits per heavy atom. The van der Waals surface area contributed by atoms with E-state index in [9.17, 15) is 9.36 Å². The third kappa shape index (κ3) is 10.1. The molecule has 0 heterocycles. The number of hydrogen-bond donors (Lipinski definition) is 0. The molecule has 0 bridgehead atoms. The molecule has 142 valence electrons. The molecule has 0 saturated carbocycles. The van der Waals surface area contributed by atoms with Gasteiger partial charge in [-0.05, 0) is 18.9 Å². The Morgan fingerprint density at radius 2 is 1.50 bits per heavy atom. The summed E-state index contributed by atoms with van der Waals surface area (Å²) in [5.41, 5.74) is 0. The lowest BCUT2D eigenvalue weighted by Gasteiger charge is -2.20. The van der Waals surface area contributed by atoms with Gasteiger partial charge in [-0.15, -0.1) is 0 Å². The highest BCUT2D eigenvalue weighted by atomic mass is 31.2. The molecule has 0 spiro atoms. The first-order chi connectivity index (χ1) is 11.5. The smallest absolute Gasteiger partial charge is 0.438 e. The van der Waals surface area contributed by atoms with E-state index in [4.69, 9.17) is 13.8 Å². The average molecular weight is 364 g/mol. The van der Waals surface area contributed by atoms with Crippen molar-refractivity contribution in [3.05, 3.63) is 12.2 Å². The van der Waals surface area contributed by atoms with Crippen molar-refractivity contribution in [1.29, 1.82) is 0 Å². The number of allylic oxidation sites excluding steroid dienone is 1. The Balaban J connectivity index is 4.18. The number of methoxy groups -OCH3 is 1. The minimum Gasteiger partial charge on any atom is -0.438 e. The van der Waals surface area contributed by atoms with Crippen LogP contribution in [0.3, 0.4) is 0 Å². The highest BCUT2D eigenvalue weighted by molar-refractivity contribution is 7.54. The van der Waals surface area contributed by atoms with E-state index < -0.39 is 19.6 Å². The molecule has 0 aromatic rings. The lowest BCUT2D eigenvalue weighted by molar-refractivity contribution is 0.0625. The number of rotatable bonds is 14. The minimum atomic E-state index is -3.55. The Hall–Kier alpha value is -0.840. The van der Waals surface area contributed by atoms with Crippen LogP contribution in [0.2, 0.25) is 0 Å². The Morgan fingerprint density at radius 1 is 0.958 bits per heavy atom. The lowest BCUT2D eigenvalue weighted by atomic mass is 10.1. The molecule has 7 heteroatoms. The summed E-state index contributed by atoms with van der Waals surface area (Å²) < 4.78 is 31.5. The van der Waals surface area contributed by atoms with Crippen LogP contribution < -0.4 is 0 Å². The van der Waals surface area contributed by atoms with Gasteiger partial charge in [0.05, 0.1) is 7.11 Å². The third-order valence-electron chi connectivity index (χ3n) is 3.73. The number of ether oxygens (including phenoxy) is 2. The van der Waals surface area contributed by atoms with Gasteiger partial charge < -0.3 is 18.5 Å². The van der Waals surface area contributed by atoms with E-state index in [-0.39, 0.29) is 0 Å². The SMILES string of the molecule is CCCCCCCCCC/C=C/[C@@H](OC(=O)OC)P(=O)(OC)OC. The summed E-state index contributed by atoms with van der Waals surface area (Å²) in [7, 11) is 0.152. The summed E-state index contributed by atoms with van der Waals surface area (Å²) in [5, 5.41) is 0. The maximum Gasteiger partial charge on any atom is 0.509 e. The summed E-state index contributed by atoms with van der Waals surface area (Å²) in [5.74, 6) is -1.10. The first kappa shape index (κ1) is 23.2. The molecule has 0 aliphatic rings. The van der Waals surface area contributed by atoms with Gasteiger partial charge >= 0.3 is 13.8 Å². The van der Waals surface area contributed by atoms with Gasteiger partial charge in [0, 0.05) is 14.2 Å². The van der Waals surface area contributed by atoms with Crippen molar-refractivity contribution in [3.63, 3.8) is 0 Å². The molecule has 0 aromatic carbocycles. The molecular weight excluding hydrogens is 331 g/mol. The van der Waals surface area contributed by atoms with E-state index in [2.05, 4.69) is 11.7 Å². The highest BCUT2D eigenvalue weighted by Crippen LogP contribution is 2.52. The van der Waals surface area contributed by atoms with Gasteiger partial charge in [-0.25, -0.2) is 4.79 Å². The fourth-order valence-corrected chi connectivity index (χ4v) is 3.36. The summed E-state index contributed by atoms with van der Waals surface area (Å²) >= 11 is 0. The fraction of sp³-hybridized carbons (Fsp3) is 0.824. The van der Waals surface area contributed by atoms with Gasteiger partial charge in [0.25, 0.3) is 0 Å². The maximum absolute atomic E-state index is 12.4. The van der Waals surface area contributed by atoms with Gasteiger partial charge in [0.2, 0.25) is 5.85 Å². The predicted octanol–water partition coefficient (Wildman–Crippen LogP) is 5.67. The van der Waals surface area contributed by atoms with Crippen molar-refractivity contribution >= 4 is 13.8 Å². The van der Waals surface area contributed by atoms with Gasteiger partial charge in [0.15, 0.2) is 0 Å². The summed E-state index contributed by atoms with van der Waals surface area (Å²) in [6.45, 7) is 2.22. The summed E-state index contributed by atoms with van der Waals surface area (Å²) in [6.07, 6.45) is 13.2. The molecule has 0 saturated heterocycles. The van der Waals surface area contributed by atoms with Crippen LogP contribution in [-0.4, -0.2) is 33.3 Å². The molecule has 6 nitrogen and oxygen atoms in total. The summed E-state index contributed by atoms with van der Waals surface area (Å²) in [4.78, 5) is 11.3. The molecule has 0 N–H and O–H groups in total. The predicted molar refractivity (Wildman–Crippen MR) is 95.3 cm³/mol. The topological polar surface area (TPSA) is 71.1 Å². The fourth-order valence-electron chi connectivity index (χ4n) is 2.25. The van der Waals surface area contributed by atoms with Crippen molar-refractivity contribution in [2.45, 2.75) is 70.6 Å². The maximum atomic E-state index is 12.4. The van der Waals surface area contributed by atoms with Crippen LogP contribution in [-0.2, 0) is 23.1 Å². The van der Waals surface area contributed by atoms with Gasteiger partial charge in [-0.2, -0.15) is 0 Å². The van der Waals surface area contributed by atoms with Crippen LogP contribution in [0.15, 0.2) is 12.2 Å². The molecule has 0 amide bonds. The highest BCUT2D eigenvalue weighted by Gasteiger charge is 2.35. The van der Waals surface area contributed by atoms with Crippen LogP contribution >= 0.6 is 7.60 Å². The minimum absolute atomic E-state index is 0.823. The second kappa shape index (κ2) is 14.5. The second-order valence-electron chi connectivity index (χ2n) is 5.56. The number of unbranched alkanes of at least 4 members (excludes halogenated alkanes) is 8. The van der Waals surface area contributed by atoms with Crippen LogP contribution in [0.25, 0.3) is 0 Å². The van der Waals surface area contributed by atoms with Gasteiger partial charge in [0.1, 0.15) is 0 Å². The first-order valence-electron chi connectivity index (χ1n) is 8.66. The molecule has 0 aliphatic carbocycles. The van der Waals surface area contributed by atoms with Gasteiger partial charge in [-0.3, -0.25) is 4.57 Å². The standard InChI is InChI=1S/C17H33O6P/c1-5-6-7-8-9-10-11-12-13-14-15-16(23-17(18)20-2)24(19,21-3)22-4/h14-16H,5-13H2,1-4H3/b15-14+/t16-/m0/s1. The largest absolute Gasteiger partial charge is 0.509 e. The third-order valence-corrected chi connectivity index (χ3v) is 5.65. The van der Waals surface area contributed by atoms with E-state index in [0.29, 0.717) is 0 Å². The van der Waals surface area contributed by atoms with Crippen molar-refractivity contribution in [2.24, 2.45) is 0 Å².